The van der Waals surface area contributed by atoms with E-state index in [-0.39, 0.29) is 0 Å². The zero-order chi connectivity index (χ0) is 24.9. The topological polar surface area (TPSA) is 34.2 Å². The van der Waals surface area contributed by atoms with Gasteiger partial charge in [0.2, 0.25) is 0 Å². The normalized spacial score (nSPS) is 16.5. The summed E-state index contributed by atoms with van der Waals surface area (Å²) in [7, 11) is 0. The first-order chi connectivity index (χ1) is 16.6. The third kappa shape index (κ3) is 14.4. The van der Waals surface area contributed by atoms with Gasteiger partial charge in [0.1, 0.15) is 0 Å². The van der Waals surface area contributed by atoms with Crippen LogP contribution in [0.25, 0.3) is 0 Å². The van der Waals surface area contributed by atoms with Crippen molar-refractivity contribution in [3.63, 3.8) is 0 Å². The minimum atomic E-state index is -0.821. The van der Waals surface area contributed by atoms with Gasteiger partial charge < -0.3 is 14.2 Å². The van der Waals surface area contributed by atoms with Crippen LogP contribution in [0, 0.1) is 5.92 Å². The molecule has 1 saturated heterocycles. The standard InChI is InChI=1S/C29H60N2O3/c1-6-23-30-25-28(26-31(27-30)24-7-2)21-19-17-15-13-11-12-14-16-18-20-22-29(32-8-3,33-9-4)34-10-5/h28H,6-27H2,1-5H3. The Morgan fingerprint density at radius 3 is 1.41 bits per heavy atom. The molecule has 0 amide bonds. The molecule has 1 aliphatic heterocycles. The molecule has 204 valence electrons. The number of hydrogen-bond donors (Lipinski definition) is 0. The Bertz CT molecular complexity index is 418. The third-order valence-electron chi connectivity index (χ3n) is 6.95. The lowest BCUT2D eigenvalue weighted by molar-refractivity contribution is -0.380. The van der Waals surface area contributed by atoms with Crippen LogP contribution in [0.15, 0.2) is 0 Å². The average Bonchev–Trinajstić information content (AvgIpc) is 2.81. The van der Waals surface area contributed by atoms with Crippen LogP contribution >= 0.6 is 0 Å². The zero-order valence-corrected chi connectivity index (χ0v) is 23.8. The second-order valence-corrected chi connectivity index (χ2v) is 10.2. The van der Waals surface area contributed by atoms with Crippen molar-refractivity contribution in [2.45, 2.75) is 130 Å². The maximum atomic E-state index is 5.82. The number of rotatable bonds is 23. The predicted molar refractivity (Wildman–Crippen MR) is 145 cm³/mol. The Balaban J connectivity index is 2.03. The molecular formula is C29H60N2O3. The summed E-state index contributed by atoms with van der Waals surface area (Å²) < 4.78 is 17.5. The molecule has 5 heteroatoms. The van der Waals surface area contributed by atoms with E-state index in [1.807, 2.05) is 20.8 Å². The molecule has 0 aromatic heterocycles. The fourth-order valence-electron chi connectivity index (χ4n) is 5.52. The fraction of sp³-hybridized carbons (Fsp3) is 1.00. The molecule has 0 spiro atoms. The smallest absolute Gasteiger partial charge is 0.282 e. The molecule has 1 rings (SSSR count). The summed E-state index contributed by atoms with van der Waals surface area (Å²) in [4.78, 5) is 5.38. The number of hydrogen-bond acceptors (Lipinski definition) is 5. The first-order valence-electron chi connectivity index (χ1n) is 15.0. The highest BCUT2D eigenvalue weighted by molar-refractivity contribution is 4.76. The van der Waals surface area contributed by atoms with Crippen LogP contribution in [0.3, 0.4) is 0 Å². The lowest BCUT2D eigenvalue weighted by Gasteiger charge is -2.40. The van der Waals surface area contributed by atoms with Crippen molar-refractivity contribution in [2.24, 2.45) is 5.92 Å². The Kier molecular flexibility index (Phi) is 19.6. The molecule has 0 aromatic carbocycles. The Hall–Kier alpha value is -0.200. The fourth-order valence-corrected chi connectivity index (χ4v) is 5.52. The van der Waals surface area contributed by atoms with E-state index in [1.54, 1.807) is 0 Å². The molecule has 0 bridgehead atoms. The van der Waals surface area contributed by atoms with Gasteiger partial charge in [0.15, 0.2) is 0 Å². The van der Waals surface area contributed by atoms with E-state index in [0.717, 1.165) is 18.8 Å². The molecule has 0 saturated carbocycles. The number of nitrogens with zero attached hydrogens (tertiary/aromatic N) is 2. The van der Waals surface area contributed by atoms with Gasteiger partial charge in [-0.25, -0.2) is 0 Å². The first kappa shape index (κ1) is 31.8. The molecule has 1 aliphatic rings. The first-order valence-corrected chi connectivity index (χ1v) is 15.0. The van der Waals surface area contributed by atoms with Crippen molar-refractivity contribution in [1.29, 1.82) is 0 Å². The van der Waals surface area contributed by atoms with Crippen molar-refractivity contribution >= 4 is 0 Å². The molecule has 0 unspecified atom stereocenters. The van der Waals surface area contributed by atoms with Crippen LogP contribution in [-0.4, -0.2) is 68.4 Å². The van der Waals surface area contributed by atoms with Gasteiger partial charge in [0, 0.05) is 39.3 Å². The minimum absolute atomic E-state index is 0.620. The van der Waals surface area contributed by atoms with Crippen molar-refractivity contribution in [1.82, 2.24) is 9.80 Å². The van der Waals surface area contributed by atoms with E-state index in [1.165, 1.54) is 110 Å². The van der Waals surface area contributed by atoms with E-state index in [2.05, 4.69) is 23.6 Å². The van der Waals surface area contributed by atoms with E-state index >= 15 is 0 Å². The molecule has 1 heterocycles. The summed E-state index contributed by atoms with van der Waals surface area (Å²) in [5, 5.41) is 0. The molecule has 0 aliphatic carbocycles. The molecule has 1 fully saturated rings. The maximum absolute atomic E-state index is 5.82. The molecule has 34 heavy (non-hydrogen) atoms. The predicted octanol–water partition coefficient (Wildman–Crippen LogP) is 7.44. The Morgan fingerprint density at radius 2 is 1.00 bits per heavy atom. The molecule has 0 aromatic rings. The van der Waals surface area contributed by atoms with E-state index < -0.39 is 5.97 Å². The second kappa shape index (κ2) is 20.9. The lowest BCUT2D eigenvalue weighted by Crippen LogP contribution is -2.49. The van der Waals surface area contributed by atoms with E-state index in [9.17, 15) is 0 Å². The minimum Gasteiger partial charge on any atom is -0.328 e. The highest BCUT2D eigenvalue weighted by Crippen LogP contribution is 2.24. The Morgan fingerprint density at radius 1 is 0.588 bits per heavy atom. The van der Waals surface area contributed by atoms with E-state index in [4.69, 9.17) is 14.2 Å². The highest BCUT2D eigenvalue weighted by Gasteiger charge is 2.31. The van der Waals surface area contributed by atoms with Crippen LogP contribution in [0.5, 0.6) is 0 Å². The van der Waals surface area contributed by atoms with Crippen molar-refractivity contribution in [3.8, 4) is 0 Å². The highest BCUT2D eigenvalue weighted by atomic mass is 16.9. The van der Waals surface area contributed by atoms with Crippen LogP contribution in [0.2, 0.25) is 0 Å². The second-order valence-electron chi connectivity index (χ2n) is 10.2. The summed E-state index contributed by atoms with van der Waals surface area (Å²) in [6, 6.07) is 0. The van der Waals surface area contributed by atoms with Crippen LogP contribution in [0.4, 0.5) is 0 Å². The largest absolute Gasteiger partial charge is 0.328 e. The monoisotopic (exact) mass is 484 g/mol. The molecule has 0 radical (unpaired) electrons. The van der Waals surface area contributed by atoms with Gasteiger partial charge in [-0.2, -0.15) is 0 Å². The average molecular weight is 485 g/mol. The van der Waals surface area contributed by atoms with E-state index in [0.29, 0.717) is 19.8 Å². The van der Waals surface area contributed by atoms with Crippen LogP contribution < -0.4 is 0 Å². The summed E-state index contributed by atoms with van der Waals surface area (Å²) in [6.45, 7) is 18.9. The van der Waals surface area contributed by atoms with Gasteiger partial charge in [-0.3, -0.25) is 9.80 Å². The van der Waals surface area contributed by atoms with Gasteiger partial charge in [0.05, 0.1) is 6.67 Å². The SMILES string of the molecule is CCCN1CC(CCCCCCCCCCCCC(OCC)(OCC)OCC)CN(CCC)C1. The summed E-state index contributed by atoms with van der Waals surface area (Å²) in [5.41, 5.74) is 0. The number of ether oxygens (including phenoxy) is 3. The van der Waals surface area contributed by atoms with Gasteiger partial charge in [-0.1, -0.05) is 71.6 Å². The number of unbranched alkanes of at least 4 members (excludes halogenated alkanes) is 9. The van der Waals surface area contributed by atoms with Crippen molar-refractivity contribution in [2.75, 3.05) is 52.7 Å². The zero-order valence-electron chi connectivity index (χ0n) is 23.8. The van der Waals surface area contributed by atoms with Gasteiger partial charge in [-0.15, -0.1) is 0 Å². The maximum Gasteiger partial charge on any atom is 0.282 e. The summed E-state index contributed by atoms with van der Waals surface area (Å²) in [5.74, 6) is 0.0668. The van der Waals surface area contributed by atoms with Crippen LogP contribution in [0.1, 0.15) is 125 Å². The molecule has 5 nitrogen and oxygen atoms in total. The van der Waals surface area contributed by atoms with Gasteiger partial charge >= 0.3 is 0 Å². The van der Waals surface area contributed by atoms with Gasteiger partial charge in [0.25, 0.3) is 5.97 Å². The third-order valence-corrected chi connectivity index (χ3v) is 6.95. The lowest BCUT2D eigenvalue weighted by atomic mass is 9.97. The summed E-state index contributed by atoms with van der Waals surface area (Å²) in [6.07, 6.45) is 18.3. The summed E-state index contributed by atoms with van der Waals surface area (Å²) >= 11 is 0. The van der Waals surface area contributed by atoms with Crippen molar-refractivity contribution in [3.05, 3.63) is 0 Å². The van der Waals surface area contributed by atoms with Crippen LogP contribution in [-0.2, 0) is 14.2 Å². The molecule has 0 atom stereocenters. The quantitative estimate of drug-likeness (QED) is 0.111. The van der Waals surface area contributed by atoms with Gasteiger partial charge in [-0.05, 0) is 65.5 Å². The van der Waals surface area contributed by atoms with Crippen molar-refractivity contribution < 1.29 is 14.2 Å². The molecular weight excluding hydrogens is 424 g/mol. The Labute approximate surface area is 213 Å². The molecule has 0 N–H and O–H groups in total.